The van der Waals surface area contributed by atoms with Gasteiger partial charge in [-0.2, -0.15) is 0 Å². The monoisotopic (exact) mass is 490 g/mol. The maximum Gasteiger partial charge on any atom is 0.338 e. The molecular formula is C26H23FN4O5. The number of aromatic nitrogens is 1. The van der Waals surface area contributed by atoms with Crippen LogP contribution in [0.5, 0.6) is 0 Å². The van der Waals surface area contributed by atoms with E-state index in [4.69, 9.17) is 4.74 Å². The second kappa shape index (κ2) is 10.8. The fraction of sp³-hybridized carbons (Fsp3) is 0.192. The highest BCUT2D eigenvalue weighted by atomic mass is 19.1. The summed E-state index contributed by atoms with van der Waals surface area (Å²) in [7, 11) is 0. The van der Waals surface area contributed by atoms with Crippen LogP contribution in [0.2, 0.25) is 0 Å². The molecule has 1 aliphatic heterocycles. The lowest BCUT2D eigenvalue weighted by atomic mass is 10.1. The number of urea groups is 1. The summed E-state index contributed by atoms with van der Waals surface area (Å²) >= 11 is 0. The van der Waals surface area contributed by atoms with Gasteiger partial charge < -0.3 is 15.0 Å². The van der Waals surface area contributed by atoms with Crippen LogP contribution in [0, 0.1) is 5.82 Å². The predicted molar refractivity (Wildman–Crippen MR) is 128 cm³/mol. The third-order valence-corrected chi connectivity index (χ3v) is 5.52. The Labute approximate surface area is 206 Å². The lowest BCUT2D eigenvalue weighted by Gasteiger charge is -2.21. The van der Waals surface area contributed by atoms with Crippen molar-refractivity contribution in [3.8, 4) is 0 Å². The largest absolute Gasteiger partial charge is 0.462 e. The van der Waals surface area contributed by atoms with Crippen molar-refractivity contribution in [2.45, 2.75) is 25.9 Å². The maximum absolute atomic E-state index is 13.4. The molecule has 1 saturated heterocycles. The van der Waals surface area contributed by atoms with Gasteiger partial charge in [0.25, 0.3) is 5.91 Å². The van der Waals surface area contributed by atoms with Gasteiger partial charge in [-0.15, -0.1) is 0 Å². The predicted octanol–water partition coefficient (Wildman–Crippen LogP) is 3.76. The van der Waals surface area contributed by atoms with E-state index in [9.17, 15) is 23.6 Å². The average molecular weight is 490 g/mol. The Kier molecular flexibility index (Phi) is 7.33. The quantitative estimate of drug-likeness (QED) is 0.380. The highest BCUT2D eigenvalue weighted by Crippen LogP contribution is 2.29. The Morgan fingerprint density at radius 2 is 1.86 bits per heavy atom. The van der Waals surface area contributed by atoms with E-state index in [0.29, 0.717) is 11.3 Å². The van der Waals surface area contributed by atoms with Crippen LogP contribution < -0.4 is 10.2 Å². The van der Waals surface area contributed by atoms with Gasteiger partial charge >= 0.3 is 12.0 Å². The van der Waals surface area contributed by atoms with Crippen LogP contribution in [0.25, 0.3) is 0 Å². The number of carbonyl (C=O) groups excluding carboxylic acids is 4. The number of nitrogens with zero attached hydrogens (tertiary/aromatic N) is 3. The minimum absolute atomic E-state index is 0.0480. The molecule has 2 heterocycles. The van der Waals surface area contributed by atoms with Gasteiger partial charge in [-0.3, -0.25) is 14.6 Å². The van der Waals surface area contributed by atoms with Crippen molar-refractivity contribution >= 4 is 35.2 Å². The molecule has 9 nitrogen and oxygen atoms in total. The smallest absolute Gasteiger partial charge is 0.338 e. The standard InChI is InChI=1S/C26H23FN4O5/c1-2-36-25(34)18-6-3-7-20(13-18)29-23(32)14-22-24(33)31(21-10-8-19(27)9-11-21)26(35)30(22)16-17-5-4-12-28-15-17/h3-13,15,22H,2,14,16H2,1H3,(H,29,32). The van der Waals surface area contributed by atoms with Gasteiger partial charge in [-0.1, -0.05) is 12.1 Å². The van der Waals surface area contributed by atoms with Gasteiger partial charge in [-0.25, -0.2) is 18.9 Å². The molecule has 0 bridgehead atoms. The number of anilines is 2. The zero-order valence-electron chi connectivity index (χ0n) is 19.4. The van der Waals surface area contributed by atoms with Crippen molar-refractivity contribution in [3.63, 3.8) is 0 Å². The van der Waals surface area contributed by atoms with Crippen LogP contribution in [-0.2, 0) is 20.9 Å². The summed E-state index contributed by atoms with van der Waals surface area (Å²) < 4.78 is 18.4. The third-order valence-electron chi connectivity index (χ3n) is 5.52. The van der Waals surface area contributed by atoms with Gasteiger partial charge in [-0.05, 0) is 61.0 Å². The number of rotatable bonds is 8. The molecule has 0 aliphatic carbocycles. The van der Waals surface area contributed by atoms with Gasteiger partial charge in [0.2, 0.25) is 5.91 Å². The first kappa shape index (κ1) is 24.5. The van der Waals surface area contributed by atoms with E-state index in [-0.39, 0.29) is 30.8 Å². The van der Waals surface area contributed by atoms with E-state index in [2.05, 4.69) is 10.3 Å². The molecule has 184 valence electrons. The molecule has 1 aromatic heterocycles. The normalized spacial score (nSPS) is 15.2. The summed E-state index contributed by atoms with van der Waals surface area (Å²) in [6, 6.07) is 12.9. The number of ether oxygens (including phenoxy) is 1. The summed E-state index contributed by atoms with van der Waals surface area (Å²) in [5, 5.41) is 2.67. The zero-order valence-corrected chi connectivity index (χ0v) is 19.4. The fourth-order valence-electron chi connectivity index (χ4n) is 3.86. The van der Waals surface area contributed by atoms with Crippen LogP contribution in [-0.4, -0.2) is 46.3 Å². The van der Waals surface area contributed by atoms with Crippen LogP contribution >= 0.6 is 0 Å². The third kappa shape index (κ3) is 5.38. The van der Waals surface area contributed by atoms with E-state index in [1.807, 2.05) is 0 Å². The lowest BCUT2D eigenvalue weighted by molar-refractivity contribution is -0.124. The zero-order chi connectivity index (χ0) is 25.7. The highest BCUT2D eigenvalue weighted by Gasteiger charge is 2.46. The van der Waals surface area contributed by atoms with E-state index >= 15 is 0 Å². The van der Waals surface area contributed by atoms with Crippen molar-refractivity contribution in [1.82, 2.24) is 9.88 Å². The molecular weight excluding hydrogens is 467 g/mol. The van der Waals surface area contributed by atoms with Crippen molar-refractivity contribution in [1.29, 1.82) is 0 Å². The number of amides is 4. The summed E-state index contributed by atoms with van der Waals surface area (Å²) in [6.07, 6.45) is 2.82. The van der Waals surface area contributed by atoms with Crippen molar-refractivity contribution in [2.75, 3.05) is 16.8 Å². The molecule has 36 heavy (non-hydrogen) atoms. The first-order valence-corrected chi connectivity index (χ1v) is 11.2. The summed E-state index contributed by atoms with van der Waals surface area (Å²) in [5.41, 5.74) is 1.48. The average Bonchev–Trinajstić information content (AvgIpc) is 3.09. The highest BCUT2D eigenvalue weighted by molar-refractivity contribution is 6.22. The molecule has 1 fully saturated rings. The molecule has 0 radical (unpaired) electrons. The number of esters is 1. The Morgan fingerprint density at radius 3 is 2.56 bits per heavy atom. The van der Waals surface area contributed by atoms with E-state index in [1.54, 1.807) is 49.6 Å². The summed E-state index contributed by atoms with van der Waals surface area (Å²) in [6.45, 7) is 1.95. The van der Waals surface area contributed by atoms with Crippen LogP contribution in [0.3, 0.4) is 0 Å². The van der Waals surface area contributed by atoms with E-state index in [0.717, 1.165) is 17.0 Å². The number of benzene rings is 2. The molecule has 3 aromatic rings. The fourth-order valence-corrected chi connectivity index (χ4v) is 3.86. The molecule has 1 N–H and O–H groups in total. The Balaban J connectivity index is 1.56. The number of hydrogen-bond acceptors (Lipinski definition) is 6. The van der Waals surface area contributed by atoms with Crippen LogP contribution in [0.15, 0.2) is 73.1 Å². The van der Waals surface area contributed by atoms with Crippen molar-refractivity contribution in [2.24, 2.45) is 0 Å². The van der Waals surface area contributed by atoms with Crippen molar-refractivity contribution in [3.05, 3.63) is 90.0 Å². The first-order chi connectivity index (χ1) is 17.4. The number of hydrogen-bond donors (Lipinski definition) is 1. The SMILES string of the molecule is CCOC(=O)c1cccc(NC(=O)CC2C(=O)N(c3ccc(F)cc3)C(=O)N2Cc2cccnc2)c1. The Bertz CT molecular complexity index is 1280. The molecule has 10 heteroatoms. The minimum Gasteiger partial charge on any atom is -0.462 e. The Morgan fingerprint density at radius 1 is 1.08 bits per heavy atom. The molecule has 1 unspecified atom stereocenters. The summed E-state index contributed by atoms with van der Waals surface area (Å²) in [5.74, 6) is -2.17. The number of nitrogens with one attached hydrogen (secondary N) is 1. The first-order valence-electron chi connectivity index (χ1n) is 11.2. The number of halogens is 1. The second-order valence-electron chi connectivity index (χ2n) is 7.99. The van der Waals surface area contributed by atoms with E-state index in [1.165, 1.54) is 23.1 Å². The molecule has 0 spiro atoms. The number of carbonyl (C=O) groups is 4. The molecule has 4 rings (SSSR count). The van der Waals surface area contributed by atoms with Gasteiger partial charge in [0, 0.05) is 24.6 Å². The maximum atomic E-state index is 13.4. The molecule has 4 amide bonds. The molecule has 1 atom stereocenters. The second-order valence-corrected chi connectivity index (χ2v) is 7.99. The lowest BCUT2D eigenvalue weighted by Crippen LogP contribution is -2.37. The number of pyridine rings is 1. The molecule has 0 saturated carbocycles. The van der Waals surface area contributed by atoms with Gasteiger partial charge in [0.1, 0.15) is 11.9 Å². The van der Waals surface area contributed by atoms with Gasteiger partial charge in [0.15, 0.2) is 0 Å². The van der Waals surface area contributed by atoms with Crippen LogP contribution in [0.4, 0.5) is 20.6 Å². The van der Waals surface area contributed by atoms with Gasteiger partial charge in [0.05, 0.1) is 24.3 Å². The van der Waals surface area contributed by atoms with Crippen LogP contribution in [0.1, 0.15) is 29.3 Å². The molecule has 1 aliphatic rings. The topological polar surface area (TPSA) is 109 Å². The van der Waals surface area contributed by atoms with Crippen molar-refractivity contribution < 1.29 is 28.3 Å². The van der Waals surface area contributed by atoms with E-state index < -0.39 is 35.7 Å². The summed E-state index contributed by atoms with van der Waals surface area (Å²) in [4.78, 5) is 57.8. The minimum atomic E-state index is -1.10. The molecule has 2 aromatic carbocycles. The number of imide groups is 1. The Hall–Kier alpha value is -4.60.